The zero-order valence-electron chi connectivity index (χ0n) is 15.8. The van der Waals surface area contributed by atoms with Gasteiger partial charge in [-0.05, 0) is 30.5 Å². The van der Waals surface area contributed by atoms with Crippen molar-refractivity contribution in [2.75, 3.05) is 6.54 Å². The molecule has 1 aliphatic rings. The fourth-order valence-corrected chi connectivity index (χ4v) is 3.86. The van der Waals surface area contributed by atoms with Gasteiger partial charge in [-0.3, -0.25) is 9.59 Å². The number of ketones is 1. The third-order valence-electron chi connectivity index (χ3n) is 5.25. The number of unbranched alkanes of at least 4 members (excludes halogenated alkanes) is 2. The highest BCUT2D eigenvalue weighted by Gasteiger charge is 2.46. The van der Waals surface area contributed by atoms with Crippen molar-refractivity contribution in [2.24, 2.45) is 5.92 Å². The van der Waals surface area contributed by atoms with Crippen LogP contribution in [0.2, 0.25) is 0 Å². The monoisotopic (exact) mass is 369 g/mol. The number of benzene rings is 1. The maximum Gasteiger partial charge on any atom is 0.290 e. The van der Waals surface area contributed by atoms with E-state index in [-0.39, 0.29) is 29.4 Å². The number of nitrogens with zero attached hydrogens (tertiary/aromatic N) is 3. The lowest BCUT2D eigenvalue weighted by molar-refractivity contribution is -0.141. The maximum atomic E-state index is 12.7. The summed E-state index contributed by atoms with van der Waals surface area (Å²) < 4.78 is 1.97. The number of amides is 1. The van der Waals surface area contributed by atoms with E-state index < -0.39 is 0 Å². The SMILES string of the molecule is CCCCCC1C(=O)C(=O)N(CCCn2ccnc2)C1c1ccc(O)cc1. The van der Waals surface area contributed by atoms with Crippen molar-refractivity contribution in [2.45, 2.75) is 51.6 Å². The molecule has 2 heterocycles. The third-order valence-corrected chi connectivity index (χ3v) is 5.25. The molecule has 1 aromatic carbocycles. The zero-order chi connectivity index (χ0) is 19.2. The molecule has 27 heavy (non-hydrogen) atoms. The van der Waals surface area contributed by atoms with E-state index in [0.717, 1.165) is 44.2 Å². The van der Waals surface area contributed by atoms with Gasteiger partial charge in [-0.25, -0.2) is 4.98 Å². The number of phenols is 1. The van der Waals surface area contributed by atoms with Crippen molar-refractivity contribution in [1.82, 2.24) is 14.5 Å². The summed E-state index contributed by atoms with van der Waals surface area (Å²) >= 11 is 0. The molecule has 2 aromatic rings. The van der Waals surface area contributed by atoms with E-state index in [2.05, 4.69) is 11.9 Å². The summed E-state index contributed by atoms with van der Waals surface area (Å²) in [5.41, 5.74) is 0.913. The quantitative estimate of drug-likeness (QED) is 0.543. The molecule has 0 aliphatic carbocycles. The molecule has 0 saturated carbocycles. The molecule has 1 aromatic heterocycles. The zero-order valence-corrected chi connectivity index (χ0v) is 15.8. The van der Waals surface area contributed by atoms with Crippen LogP contribution >= 0.6 is 0 Å². The minimum atomic E-state index is -0.375. The number of rotatable bonds is 9. The van der Waals surface area contributed by atoms with Crippen LogP contribution in [0.3, 0.4) is 0 Å². The first-order chi connectivity index (χ1) is 13.1. The third kappa shape index (κ3) is 4.38. The largest absolute Gasteiger partial charge is 0.508 e. The first-order valence-electron chi connectivity index (χ1n) is 9.71. The van der Waals surface area contributed by atoms with E-state index >= 15 is 0 Å². The molecular weight excluding hydrogens is 342 g/mol. The van der Waals surface area contributed by atoms with Crippen LogP contribution in [0.15, 0.2) is 43.0 Å². The summed E-state index contributed by atoms with van der Waals surface area (Å²) in [6, 6.07) is 6.64. The van der Waals surface area contributed by atoms with Gasteiger partial charge in [-0.2, -0.15) is 0 Å². The second kappa shape index (κ2) is 8.84. The van der Waals surface area contributed by atoms with Crippen LogP contribution in [0.1, 0.15) is 50.6 Å². The number of imidazole rings is 1. The van der Waals surface area contributed by atoms with Crippen LogP contribution in [0.4, 0.5) is 0 Å². The van der Waals surface area contributed by atoms with Gasteiger partial charge < -0.3 is 14.6 Å². The second-order valence-corrected chi connectivity index (χ2v) is 7.16. The minimum absolute atomic E-state index is 0.184. The Kier molecular flexibility index (Phi) is 6.27. The molecule has 144 valence electrons. The highest BCUT2D eigenvalue weighted by atomic mass is 16.3. The van der Waals surface area contributed by atoms with Crippen molar-refractivity contribution in [1.29, 1.82) is 0 Å². The smallest absolute Gasteiger partial charge is 0.290 e. The van der Waals surface area contributed by atoms with Crippen molar-refractivity contribution in [3.63, 3.8) is 0 Å². The molecule has 1 aliphatic heterocycles. The van der Waals surface area contributed by atoms with Crippen LogP contribution in [-0.2, 0) is 16.1 Å². The highest BCUT2D eigenvalue weighted by molar-refractivity contribution is 6.39. The number of aryl methyl sites for hydroxylation is 1. The lowest BCUT2D eigenvalue weighted by Crippen LogP contribution is -2.31. The number of hydrogen-bond donors (Lipinski definition) is 1. The lowest BCUT2D eigenvalue weighted by atomic mass is 9.88. The van der Waals surface area contributed by atoms with E-state index in [9.17, 15) is 14.7 Å². The van der Waals surface area contributed by atoms with E-state index in [0.29, 0.717) is 6.54 Å². The lowest BCUT2D eigenvalue weighted by Gasteiger charge is -2.28. The van der Waals surface area contributed by atoms with Crippen molar-refractivity contribution >= 4 is 11.7 Å². The van der Waals surface area contributed by atoms with Crippen molar-refractivity contribution in [3.05, 3.63) is 48.5 Å². The number of hydrogen-bond acceptors (Lipinski definition) is 4. The molecule has 2 unspecified atom stereocenters. The molecule has 2 atom stereocenters. The van der Waals surface area contributed by atoms with Gasteiger partial charge >= 0.3 is 0 Å². The van der Waals surface area contributed by atoms with Gasteiger partial charge in [0.25, 0.3) is 5.91 Å². The molecular formula is C21H27N3O3. The number of aromatic nitrogens is 2. The van der Waals surface area contributed by atoms with E-state index in [1.165, 1.54) is 0 Å². The maximum absolute atomic E-state index is 12.7. The average molecular weight is 369 g/mol. The summed E-state index contributed by atoms with van der Waals surface area (Å²) in [5, 5.41) is 9.60. The van der Waals surface area contributed by atoms with Gasteiger partial charge in [-0.1, -0.05) is 38.3 Å². The van der Waals surface area contributed by atoms with Crippen molar-refractivity contribution < 1.29 is 14.7 Å². The van der Waals surface area contributed by atoms with Gasteiger partial charge in [0.15, 0.2) is 0 Å². The molecule has 1 amide bonds. The normalized spacial score (nSPS) is 19.8. The number of likely N-dealkylation sites (tertiary alicyclic amines) is 1. The van der Waals surface area contributed by atoms with Gasteiger partial charge in [0.2, 0.25) is 5.78 Å². The molecule has 0 bridgehead atoms. The van der Waals surface area contributed by atoms with Crippen LogP contribution in [-0.4, -0.2) is 37.8 Å². The predicted octanol–water partition coefficient (Wildman–Crippen LogP) is 3.33. The Balaban J connectivity index is 1.78. The second-order valence-electron chi connectivity index (χ2n) is 7.16. The van der Waals surface area contributed by atoms with E-state index in [4.69, 9.17) is 0 Å². The summed E-state index contributed by atoms with van der Waals surface area (Å²) in [4.78, 5) is 31.1. The van der Waals surface area contributed by atoms with Gasteiger partial charge in [0, 0.05) is 25.5 Å². The van der Waals surface area contributed by atoms with Crippen LogP contribution in [0.25, 0.3) is 0 Å². The van der Waals surface area contributed by atoms with Crippen LogP contribution in [0.5, 0.6) is 5.75 Å². The van der Waals surface area contributed by atoms with Crippen LogP contribution in [0, 0.1) is 5.92 Å². The molecule has 0 radical (unpaired) electrons. The summed E-state index contributed by atoms with van der Waals surface area (Å²) in [6.07, 6.45) is 9.93. The Labute approximate surface area is 159 Å². The molecule has 3 rings (SSSR count). The van der Waals surface area contributed by atoms with Gasteiger partial charge in [-0.15, -0.1) is 0 Å². The number of Topliss-reactive ketones (excluding diaryl/α,β-unsaturated/α-hetero) is 1. The molecule has 6 heteroatoms. The average Bonchev–Trinajstić information content (AvgIpc) is 3.26. The Morgan fingerprint density at radius 3 is 2.52 bits per heavy atom. The Bertz CT molecular complexity index is 755. The number of aromatic hydroxyl groups is 1. The van der Waals surface area contributed by atoms with E-state index in [1.54, 1.807) is 29.6 Å². The number of phenolic OH excluding ortho intramolecular Hbond substituents is 1. The first kappa shape index (κ1) is 19.1. The Morgan fingerprint density at radius 1 is 1.07 bits per heavy atom. The Hall–Kier alpha value is -2.63. The summed E-state index contributed by atoms with van der Waals surface area (Å²) in [6.45, 7) is 3.40. The summed E-state index contributed by atoms with van der Waals surface area (Å²) in [5.74, 6) is -0.766. The van der Waals surface area contributed by atoms with E-state index in [1.807, 2.05) is 22.9 Å². The number of carbonyl (C=O) groups excluding carboxylic acids is 2. The van der Waals surface area contributed by atoms with Gasteiger partial charge in [0.05, 0.1) is 18.3 Å². The highest BCUT2D eigenvalue weighted by Crippen LogP contribution is 2.39. The first-order valence-corrected chi connectivity index (χ1v) is 9.71. The fraction of sp³-hybridized carbons (Fsp3) is 0.476. The standard InChI is InChI=1S/C21H27N3O3/c1-2-3-4-6-18-19(16-7-9-17(25)10-8-16)24(21(27)20(18)26)13-5-12-23-14-11-22-15-23/h7-11,14-15,18-19,25H,2-6,12-13H2,1H3. The fourth-order valence-electron chi connectivity index (χ4n) is 3.86. The molecule has 6 nitrogen and oxygen atoms in total. The Morgan fingerprint density at radius 2 is 1.85 bits per heavy atom. The van der Waals surface area contributed by atoms with Crippen LogP contribution < -0.4 is 0 Å². The predicted molar refractivity (Wildman–Crippen MR) is 102 cm³/mol. The molecule has 0 spiro atoms. The summed E-state index contributed by atoms with van der Waals surface area (Å²) in [7, 11) is 0. The number of carbonyl (C=O) groups is 2. The molecule has 1 fully saturated rings. The topological polar surface area (TPSA) is 75.4 Å². The minimum Gasteiger partial charge on any atom is -0.508 e. The van der Waals surface area contributed by atoms with Crippen molar-refractivity contribution in [3.8, 4) is 5.75 Å². The molecule has 1 N–H and O–H groups in total. The van der Waals surface area contributed by atoms with Gasteiger partial charge in [0.1, 0.15) is 5.75 Å². The molecule has 1 saturated heterocycles.